The molecule has 538 valence electrons. The van der Waals surface area contributed by atoms with E-state index in [1.165, 1.54) is 0 Å². The first-order chi connectivity index (χ1) is 49.1. The summed E-state index contributed by atoms with van der Waals surface area (Å²) in [6, 6.07) is 27.5. The molecule has 3 saturated heterocycles. The first-order valence-electron chi connectivity index (χ1n) is 33.6. The Bertz CT molecular complexity index is 4890. The molecule has 3 fully saturated rings. The summed E-state index contributed by atoms with van der Waals surface area (Å²) in [5.74, 6) is -1.72. The van der Waals surface area contributed by atoms with E-state index in [2.05, 4.69) is 50.4 Å². The number of benzene rings is 3. The first-order valence-corrected chi connectivity index (χ1v) is 36.3. The molecule has 12 rings (SSSR count). The van der Waals surface area contributed by atoms with Crippen LogP contribution in [-0.2, 0) is 37.2 Å². The zero-order valence-corrected chi connectivity index (χ0v) is 60.1. The number of fused-ring (bicyclic) bond motifs is 3. The number of carbonyl (C=O) groups excluding carboxylic acids is 5. The summed E-state index contributed by atoms with van der Waals surface area (Å²) < 4.78 is 68.8. The molecule has 0 bridgehead atoms. The van der Waals surface area contributed by atoms with Crippen molar-refractivity contribution in [1.82, 2.24) is 48.1 Å². The highest BCUT2D eigenvalue weighted by Gasteiger charge is 2.46. The molecule has 9 heterocycles. The molecule has 6 N–H and O–H groups in total. The van der Waals surface area contributed by atoms with Gasteiger partial charge in [-0.2, -0.15) is 13.2 Å². The number of carbonyl (C=O) groups is 6. The highest BCUT2D eigenvalue weighted by Crippen LogP contribution is 2.36. The Morgan fingerprint density at radius 1 is 0.583 bits per heavy atom. The number of amides is 2. The number of likely N-dealkylation sites (tertiary alicyclic amines) is 3. The van der Waals surface area contributed by atoms with Crippen LogP contribution in [0.2, 0.25) is 5.02 Å². The van der Waals surface area contributed by atoms with E-state index in [0.717, 1.165) is 107 Å². The molecule has 9 aromatic rings. The maximum absolute atomic E-state index is 13.6. The predicted molar refractivity (Wildman–Crippen MR) is 390 cm³/mol. The predicted octanol–water partition coefficient (Wildman–Crippen LogP) is 12.3. The number of hydrogen-bond acceptors (Lipinski definition) is 14. The van der Waals surface area contributed by atoms with Gasteiger partial charge >= 0.3 is 21.5 Å². The number of aliphatic carboxylic acids is 1. The van der Waals surface area contributed by atoms with Crippen molar-refractivity contribution >= 4 is 117 Å². The number of aryl methyl sites for hydroxylation is 2. The standard InChI is InChI=1S/C27H29F3N6O4S.C24H25N5O2.C23H23BrClN3O3/c1-17-25(23(37)16-35-11-9-18(10-12-35)15-34-41(39,40)27(28,29)30)26-22(13-19(14-33-26)3-8-24(31)38)36(17)21-6-4-20(32-2)5-7-21;1-16-23(21(30)15-28-11-3-4-12-28)24-20(13-17(14-27-24)5-10-22(25)31)29(16)19-8-6-18(26-2)7-9-19;1-14-22(20(29)13-27-8-6-15(7-9-27)10-21(30)31)23-19(11-16(24)12-26-23)28(14)18-4-2-17(25)3-5-18/h4-7,13-14,18,34H,3,8-12,15-16H2,1H3,(H2,31,38);6-9,13-14H,3-5,10-12,15H2,1H3,(H2,25,31);2-5,11-12,15H,6-10,13H2,1H3,(H,30,31). The second-order valence-electron chi connectivity index (χ2n) is 26.1. The number of piperidine rings is 2. The van der Waals surface area contributed by atoms with Gasteiger partial charge in [-0.1, -0.05) is 35.9 Å². The van der Waals surface area contributed by atoms with Gasteiger partial charge in [0.1, 0.15) is 0 Å². The molecule has 2 amide bonds. The van der Waals surface area contributed by atoms with Gasteiger partial charge in [-0.15, -0.1) is 0 Å². The summed E-state index contributed by atoms with van der Waals surface area (Å²) in [7, 11) is -5.39. The molecular weight excluding hydrogens is 1430 g/mol. The monoisotopic (exact) mass is 1510 g/mol. The minimum Gasteiger partial charge on any atom is -0.481 e. The molecule has 23 nitrogen and oxygen atoms in total. The minimum atomic E-state index is -5.39. The molecule has 0 saturated carbocycles. The van der Waals surface area contributed by atoms with Crippen LogP contribution >= 0.6 is 27.5 Å². The molecule has 103 heavy (non-hydrogen) atoms. The van der Waals surface area contributed by atoms with Gasteiger partial charge < -0.3 is 30.3 Å². The minimum absolute atomic E-state index is 0.0294. The Balaban J connectivity index is 0.000000168. The number of sulfonamides is 1. The van der Waals surface area contributed by atoms with E-state index >= 15 is 0 Å². The summed E-state index contributed by atoms with van der Waals surface area (Å²) in [4.78, 5) is 101. The van der Waals surface area contributed by atoms with Crippen molar-refractivity contribution < 1.29 is 55.5 Å². The molecule has 6 aromatic heterocycles. The maximum atomic E-state index is 13.6. The zero-order valence-electron chi connectivity index (χ0n) is 57.0. The topological polar surface area (TPSA) is 293 Å². The van der Waals surface area contributed by atoms with E-state index in [1.54, 1.807) is 66.6 Å². The molecular formula is C74H77BrClF3N14O9S. The second kappa shape index (κ2) is 33.3. The fraction of sp³-hybridized carbons (Fsp3) is 0.365. The van der Waals surface area contributed by atoms with Crippen LogP contribution in [-0.4, -0.2) is 163 Å². The number of carboxylic acid groups (broad SMARTS) is 1. The number of nitrogens with two attached hydrogens (primary N) is 2. The number of nitrogens with one attached hydrogen (secondary N) is 1. The molecule has 3 aliphatic rings. The number of carboxylic acids is 1. The normalized spacial score (nSPS) is 14.9. The smallest absolute Gasteiger partial charge is 0.481 e. The summed E-state index contributed by atoms with van der Waals surface area (Å²) in [5, 5.41) is 9.65. The average molecular weight is 1510 g/mol. The molecule has 0 spiro atoms. The van der Waals surface area contributed by atoms with Gasteiger partial charge in [-0.3, -0.25) is 58.4 Å². The number of hydrogen-bond donors (Lipinski definition) is 4. The molecule has 0 unspecified atom stereocenters. The molecule has 29 heteroatoms. The number of pyridine rings is 3. The summed E-state index contributed by atoms with van der Waals surface area (Å²) >= 11 is 9.56. The van der Waals surface area contributed by atoms with Crippen molar-refractivity contribution in [1.29, 1.82) is 0 Å². The third-order valence-corrected chi connectivity index (χ3v) is 20.8. The quantitative estimate of drug-likeness (QED) is 0.0342. The molecule has 3 aliphatic heterocycles. The van der Waals surface area contributed by atoms with E-state index in [-0.39, 0.29) is 67.4 Å². The van der Waals surface area contributed by atoms with Gasteiger partial charge in [-0.25, -0.2) is 22.8 Å². The van der Waals surface area contributed by atoms with Gasteiger partial charge in [0, 0.05) is 88.0 Å². The summed E-state index contributed by atoms with van der Waals surface area (Å²) in [6.45, 7) is 24.7. The Hall–Kier alpha value is -9.52. The lowest BCUT2D eigenvalue weighted by Gasteiger charge is -2.31. The lowest BCUT2D eigenvalue weighted by Crippen LogP contribution is -2.43. The number of rotatable bonds is 23. The summed E-state index contributed by atoms with van der Waals surface area (Å²) in [5.41, 5.74) is 18.7. The van der Waals surface area contributed by atoms with Crippen LogP contribution in [0.5, 0.6) is 0 Å². The van der Waals surface area contributed by atoms with Crippen molar-refractivity contribution in [3.8, 4) is 17.1 Å². The fourth-order valence-corrected chi connectivity index (χ4v) is 14.8. The number of aromatic nitrogens is 6. The van der Waals surface area contributed by atoms with E-state index in [1.807, 2.05) is 87.0 Å². The Morgan fingerprint density at radius 3 is 1.31 bits per heavy atom. The third kappa shape index (κ3) is 18.3. The van der Waals surface area contributed by atoms with Gasteiger partial charge in [0.2, 0.25) is 11.8 Å². The van der Waals surface area contributed by atoms with Gasteiger partial charge in [0.15, 0.2) is 28.7 Å². The molecule has 3 aromatic carbocycles. The third-order valence-electron chi connectivity index (χ3n) is 19.0. The van der Waals surface area contributed by atoms with E-state index in [0.29, 0.717) is 113 Å². The number of halogens is 5. The van der Waals surface area contributed by atoms with Crippen LogP contribution < -0.4 is 16.2 Å². The van der Waals surface area contributed by atoms with Crippen molar-refractivity contribution in [3.63, 3.8) is 0 Å². The van der Waals surface area contributed by atoms with Crippen molar-refractivity contribution in [2.75, 3.05) is 65.4 Å². The lowest BCUT2D eigenvalue weighted by molar-refractivity contribution is -0.138. The van der Waals surface area contributed by atoms with Crippen LogP contribution in [0.4, 0.5) is 24.5 Å². The number of alkyl halides is 3. The fourth-order valence-electron chi connectivity index (χ4n) is 13.7. The Labute approximate surface area is 606 Å². The second-order valence-corrected chi connectivity index (χ2v) is 29.2. The SMILES string of the molecule is Cc1c(C(=O)CN2CCC(CC(=O)O)CC2)c2ncc(Br)cc2n1-c1ccc(Cl)cc1.[C-]#[N+]c1ccc(-n2c(C)c(C(=O)CN3CCC(CNS(=O)(=O)C(F)(F)F)CC3)c3ncc(CCC(N)=O)cc32)cc1.[C-]#[N+]c1ccc(-n2c(C)c(C(=O)CN3CCCC3)c3ncc(CCC(N)=O)cc32)cc1. The van der Waals surface area contributed by atoms with Crippen LogP contribution in [0, 0.1) is 45.8 Å². The van der Waals surface area contributed by atoms with Crippen molar-refractivity contribution in [3.05, 3.63) is 187 Å². The van der Waals surface area contributed by atoms with Crippen LogP contribution in [0.25, 0.3) is 59.9 Å². The first kappa shape index (κ1) is 76.1. The van der Waals surface area contributed by atoms with Crippen molar-refractivity contribution in [2.45, 2.75) is 96.9 Å². The van der Waals surface area contributed by atoms with E-state index < -0.39 is 27.4 Å². The average Bonchev–Trinajstić information content (AvgIpc) is 1.62. The highest BCUT2D eigenvalue weighted by atomic mass is 79.9. The number of Topliss-reactive ketones (excluding diaryl/α,β-unsaturated/α-hetero) is 3. The highest BCUT2D eigenvalue weighted by molar-refractivity contribution is 9.10. The molecule has 0 aliphatic carbocycles. The Morgan fingerprint density at radius 2 is 0.942 bits per heavy atom. The van der Waals surface area contributed by atoms with Crippen LogP contribution in [0.3, 0.4) is 0 Å². The van der Waals surface area contributed by atoms with Gasteiger partial charge in [0.05, 0.1) is 82.6 Å². The van der Waals surface area contributed by atoms with E-state index in [4.69, 9.17) is 41.3 Å². The van der Waals surface area contributed by atoms with E-state index in [9.17, 15) is 50.4 Å². The van der Waals surface area contributed by atoms with Crippen LogP contribution in [0.15, 0.2) is 114 Å². The molecule has 0 atom stereocenters. The number of nitrogens with zero attached hydrogens (tertiary/aromatic N) is 11. The maximum Gasteiger partial charge on any atom is 0.511 e. The van der Waals surface area contributed by atoms with Crippen molar-refractivity contribution in [2.24, 2.45) is 23.3 Å². The number of ketones is 3. The Kier molecular flexibility index (Phi) is 24.6. The largest absolute Gasteiger partial charge is 0.511 e. The van der Waals surface area contributed by atoms with Gasteiger partial charge in [0.25, 0.3) is 0 Å². The lowest BCUT2D eigenvalue weighted by atomic mass is 9.93. The molecule has 0 radical (unpaired) electrons. The zero-order chi connectivity index (χ0) is 74.0. The summed E-state index contributed by atoms with van der Waals surface area (Å²) in [6.07, 6.45) is 11.2. The van der Waals surface area contributed by atoms with Crippen LogP contribution in [0.1, 0.15) is 117 Å². The number of primary amides is 2. The van der Waals surface area contributed by atoms with Gasteiger partial charge in [-0.05, 0) is 217 Å².